The number of anilines is 1. The van der Waals surface area contributed by atoms with Crippen LogP contribution in [-0.2, 0) is 14.8 Å². The first-order valence-corrected chi connectivity index (χ1v) is 12.7. The van der Waals surface area contributed by atoms with E-state index in [9.17, 15) is 13.2 Å². The van der Waals surface area contributed by atoms with Crippen molar-refractivity contribution in [1.82, 2.24) is 9.29 Å². The first-order valence-electron chi connectivity index (χ1n) is 10.2. The number of pyridine rings is 1. The lowest BCUT2D eigenvalue weighted by molar-refractivity contribution is -0.115. The average Bonchev–Trinajstić information content (AvgIpc) is 2.75. The maximum absolute atomic E-state index is 12.5. The third-order valence-electron chi connectivity index (χ3n) is 4.96. The van der Waals surface area contributed by atoms with Gasteiger partial charge in [0.25, 0.3) is 0 Å². The van der Waals surface area contributed by atoms with E-state index >= 15 is 0 Å². The summed E-state index contributed by atoms with van der Waals surface area (Å²) in [4.78, 5) is 17.2. The highest BCUT2D eigenvalue weighted by atomic mass is 32.2. The van der Waals surface area contributed by atoms with E-state index < -0.39 is 10.0 Å². The minimum Gasteiger partial charge on any atom is -0.326 e. The number of carbonyl (C=O) groups excluding carboxylic acids is 1. The minimum atomic E-state index is -3.50. The molecule has 0 bridgehead atoms. The second-order valence-corrected chi connectivity index (χ2v) is 10.1. The maximum Gasteiger partial charge on any atom is 0.243 e. The van der Waals surface area contributed by atoms with Crippen molar-refractivity contribution < 1.29 is 13.2 Å². The van der Waals surface area contributed by atoms with Gasteiger partial charge in [-0.1, -0.05) is 32.0 Å². The Morgan fingerprint density at radius 1 is 1.06 bits per heavy atom. The molecule has 0 aliphatic rings. The number of hydrogen-bond acceptors (Lipinski definition) is 5. The van der Waals surface area contributed by atoms with Crippen LogP contribution in [0.5, 0.6) is 0 Å². The molecule has 2 aromatic carbocycles. The molecule has 3 rings (SSSR count). The number of aryl methyl sites for hydroxylation is 1. The highest BCUT2D eigenvalue weighted by Crippen LogP contribution is 2.24. The van der Waals surface area contributed by atoms with E-state index in [1.807, 2.05) is 38.1 Å². The Morgan fingerprint density at radius 2 is 1.74 bits per heavy atom. The van der Waals surface area contributed by atoms with Gasteiger partial charge in [-0.25, -0.2) is 13.4 Å². The van der Waals surface area contributed by atoms with Crippen LogP contribution in [0.15, 0.2) is 64.5 Å². The largest absolute Gasteiger partial charge is 0.326 e. The SMILES string of the molecule is CCN(CC)S(=O)(=O)c1ccc(NC(=O)CCSc2cc(C)c3ccccc3n2)cc1. The fourth-order valence-electron chi connectivity index (χ4n) is 3.29. The molecule has 0 unspecified atom stereocenters. The first-order chi connectivity index (χ1) is 14.8. The highest BCUT2D eigenvalue weighted by molar-refractivity contribution is 7.99. The lowest BCUT2D eigenvalue weighted by Gasteiger charge is -2.18. The second-order valence-electron chi connectivity index (χ2n) is 7.05. The zero-order chi connectivity index (χ0) is 22.4. The third kappa shape index (κ3) is 5.64. The molecule has 8 heteroatoms. The van der Waals surface area contributed by atoms with Gasteiger partial charge in [0.1, 0.15) is 0 Å². The van der Waals surface area contributed by atoms with Crippen molar-refractivity contribution in [3.8, 4) is 0 Å². The van der Waals surface area contributed by atoms with Gasteiger partial charge in [-0.2, -0.15) is 4.31 Å². The Labute approximate surface area is 188 Å². The van der Waals surface area contributed by atoms with E-state index in [2.05, 4.69) is 23.3 Å². The molecule has 31 heavy (non-hydrogen) atoms. The molecule has 1 N–H and O–H groups in total. The van der Waals surface area contributed by atoms with Crippen LogP contribution in [-0.4, -0.2) is 42.5 Å². The third-order valence-corrected chi connectivity index (χ3v) is 7.94. The molecule has 0 atom stereocenters. The van der Waals surface area contributed by atoms with E-state index in [0.29, 0.717) is 31.0 Å². The van der Waals surface area contributed by atoms with Crippen LogP contribution in [0.4, 0.5) is 5.69 Å². The van der Waals surface area contributed by atoms with Gasteiger partial charge in [-0.15, -0.1) is 11.8 Å². The van der Waals surface area contributed by atoms with Crippen molar-refractivity contribution in [3.63, 3.8) is 0 Å². The van der Waals surface area contributed by atoms with Crippen LogP contribution in [0.2, 0.25) is 0 Å². The van der Waals surface area contributed by atoms with E-state index in [4.69, 9.17) is 0 Å². The van der Waals surface area contributed by atoms with Crippen molar-refractivity contribution in [2.75, 3.05) is 24.2 Å². The Kier molecular flexibility index (Phi) is 7.69. The van der Waals surface area contributed by atoms with Gasteiger partial charge in [0, 0.05) is 36.3 Å². The number of rotatable bonds is 9. The topological polar surface area (TPSA) is 79.4 Å². The van der Waals surface area contributed by atoms with Gasteiger partial charge in [-0.05, 0) is 48.9 Å². The molecule has 0 saturated carbocycles. The van der Waals surface area contributed by atoms with Crippen LogP contribution < -0.4 is 5.32 Å². The number of thioether (sulfide) groups is 1. The smallest absolute Gasteiger partial charge is 0.243 e. The maximum atomic E-state index is 12.5. The number of benzene rings is 2. The van der Waals surface area contributed by atoms with Gasteiger partial charge in [0.15, 0.2) is 0 Å². The lowest BCUT2D eigenvalue weighted by Crippen LogP contribution is -2.30. The van der Waals surface area contributed by atoms with E-state index in [0.717, 1.165) is 21.5 Å². The number of amides is 1. The summed E-state index contributed by atoms with van der Waals surface area (Å²) in [6.45, 7) is 6.51. The molecule has 3 aromatic rings. The highest BCUT2D eigenvalue weighted by Gasteiger charge is 2.21. The van der Waals surface area contributed by atoms with E-state index in [1.54, 1.807) is 23.9 Å². The van der Waals surface area contributed by atoms with Crippen LogP contribution in [0, 0.1) is 6.92 Å². The number of sulfonamides is 1. The summed E-state index contributed by atoms with van der Waals surface area (Å²) in [7, 11) is -3.50. The standard InChI is InChI=1S/C23H27N3O3S2/c1-4-26(5-2)31(28,29)19-12-10-18(11-13-19)24-22(27)14-15-30-23-16-17(3)20-8-6-7-9-21(20)25-23/h6-13,16H,4-5,14-15H2,1-3H3,(H,24,27). The fraction of sp³-hybridized carbons (Fsp3) is 0.304. The zero-order valence-electron chi connectivity index (χ0n) is 18.0. The first kappa shape index (κ1) is 23.2. The average molecular weight is 458 g/mol. The van der Waals surface area contributed by atoms with Crippen molar-refractivity contribution in [1.29, 1.82) is 0 Å². The molecule has 0 spiro atoms. The number of nitrogens with zero attached hydrogens (tertiary/aromatic N) is 2. The Balaban J connectivity index is 1.55. The van der Waals surface area contributed by atoms with Gasteiger partial charge in [-0.3, -0.25) is 4.79 Å². The van der Waals surface area contributed by atoms with Gasteiger partial charge in [0.05, 0.1) is 15.4 Å². The van der Waals surface area contributed by atoms with Crippen LogP contribution >= 0.6 is 11.8 Å². The number of fused-ring (bicyclic) bond motifs is 1. The lowest BCUT2D eigenvalue weighted by atomic mass is 10.1. The van der Waals surface area contributed by atoms with Gasteiger partial charge in [0.2, 0.25) is 15.9 Å². The van der Waals surface area contributed by atoms with Crippen LogP contribution in [0.3, 0.4) is 0 Å². The Morgan fingerprint density at radius 3 is 2.42 bits per heavy atom. The zero-order valence-corrected chi connectivity index (χ0v) is 19.6. The monoisotopic (exact) mass is 457 g/mol. The van der Waals surface area contributed by atoms with Crippen LogP contribution in [0.25, 0.3) is 10.9 Å². The molecule has 0 aliphatic carbocycles. The van der Waals surface area contributed by atoms with E-state index in [-0.39, 0.29) is 10.8 Å². The molecular formula is C23H27N3O3S2. The minimum absolute atomic E-state index is 0.121. The summed E-state index contributed by atoms with van der Waals surface area (Å²) in [5, 5.41) is 4.86. The normalized spacial score (nSPS) is 11.7. The fourth-order valence-corrected chi connectivity index (χ4v) is 5.66. The van der Waals surface area contributed by atoms with Crippen molar-refractivity contribution in [2.24, 2.45) is 0 Å². The van der Waals surface area contributed by atoms with Crippen molar-refractivity contribution >= 4 is 44.3 Å². The summed E-state index contributed by atoms with van der Waals surface area (Å²) in [5.41, 5.74) is 2.69. The summed E-state index contributed by atoms with van der Waals surface area (Å²) < 4.78 is 26.5. The molecule has 0 radical (unpaired) electrons. The summed E-state index contributed by atoms with van der Waals surface area (Å²) in [5.74, 6) is 0.481. The number of hydrogen-bond donors (Lipinski definition) is 1. The Hall–Kier alpha value is -2.42. The molecule has 164 valence electrons. The molecule has 0 aliphatic heterocycles. The molecule has 1 amide bonds. The number of nitrogens with one attached hydrogen (secondary N) is 1. The van der Waals surface area contributed by atoms with Crippen LogP contribution in [0.1, 0.15) is 25.8 Å². The summed E-state index contributed by atoms with van der Waals surface area (Å²) >= 11 is 1.55. The summed E-state index contributed by atoms with van der Waals surface area (Å²) in [6.07, 6.45) is 0.331. The van der Waals surface area contributed by atoms with E-state index in [1.165, 1.54) is 16.4 Å². The summed E-state index contributed by atoms with van der Waals surface area (Å²) in [6, 6.07) is 16.3. The molecule has 1 aromatic heterocycles. The molecular weight excluding hydrogens is 430 g/mol. The molecule has 0 saturated heterocycles. The van der Waals surface area contributed by atoms with Crippen molar-refractivity contribution in [3.05, 3.63) is 60.2 Å². The number of carbonyl (C=O) groups is 1. The molecule has 1 heterocycles. The molecule has 6 nitrogen and oxygen atoms in total. The predicted molar refractivity (Wildman–Crippen MR) is 127 cm³/mol. The molecule has 0 fully saturated rings. The number of para-hydroxylation sites is 1. The van der Waals surface area contributed by atoms with Crippen molar-refractivity contribution in [2.45, 2.75) is 37.1 Å². The quantitative estimate of drug-likeness (QED) is 0.472. The van der Waals surface area contributed by atoms with Gasteiger partial charge < -0.3 is 5.32 Å². The predicted octanol–water partition coefficient (Wildman–Crippen LogP) is 4.69. The Bertz CT molecular complexity index is 1160. The number of aromatic nitrogens is 1. The second kappa shape index (κ2) is 10.3. The van der Waals surface area contributed by atoms with Gasteiger partial charge >= 0.3 is 0 Å².